The molecule has 0 unspecified atom stereocenters. The van der Waals surface area contributed by atoms with Crippen LogP contribution in [0.25, 0.3) is 0 Å². The van der Waals surface area contributed by atoms with Crippen molar-refractivity contribution in [2.75, 3.05) is 13.2 Å². The third kappa shape index (κ3) is 6.24. The molecule has 0 saturated heterocycles. The minimum Gasteiger partial charge on any atom is -0.471 e. The zero-order valence-electron chi connectivity index (χ0n) is 15.8. The molecule has 0 aromatic carbocycles. The van der Waals surface area contributed by atoms with Gasteiger partial charge in [0.25, 0.3) is 10.3 Å². The molecular weight excluding hydrogens is 352 g/mol. The molecule has 0 aromatic heterocycles. The topological polar surface area (TPSA) is 42.5 Å². The molecule has 0 bridgehead atoms. The fraction of sp³-hybridized carbons (Fsp3) is 0.895. The first-order valence-electron chi connectivity index (χ1n) is 9.93. The van der Waals surface area contributed by atoms with Gasteiger partial charge in [0.05, 0.1) is 13.2 Å². The van der Waals surface area contributed by atoms with E-state index in [1.807, 2.05) is 13.8 Å². The fourth-order valence-electron chi connectivity index (χ4n) is 4.56. The number of hydrogen-bond donors (Lipinski definition) is 2. The van der Waals surface area contributed by atoms with Crippen LogP contribution in [0, 0.1) is 0 Å². The molecule has 2 N–H and O–H groups in total. The van der Waals surface area contributed by atoms with E-state index in [4.69, 9.17) is 33.9 Å². The van der Waals surface area contributed by atoms with Crippen LogP contribution in [0.15, 0.2) is 0 Å². The monoisotopic (exact) mass is 386 g/mol. The molecule has 2 saturated carbocycles. The molecule has 0 atom stereocenters. The van der Waals surface area contributed by atoms with E-state index in [0.717, 1.165) is 32.1 Å². The average molecular weight is 387 g/mol. The first-order chi connectivity index (χ1) is 12.0. The van der Waals surface area contributed by atoms with Crippen molar-refractivity contribution in [2.45, 2.75) is 95.6 Å². The number of ether oxygens (including phenoxy) is 2. The molecule has 144 valence electrons. The Hall–Kier alpha value is -0.620. The lowest BCUT2D eigenvalue weighted by molar-refractivity contribution is 0.133. The highest BCUT2D eigenvalue weighted by Gasteiger charge is 2.43. The minimum atomic E-state index is 0.0106. The second-order valence-electron chi connectivity index (χ2n) is 7.55. The summed E-state index contributed by atoms with van der Waals surface area (Å²) < 4.78 is 11.1. The summed E-state index contributed by atoms with van der Waals surface area (Å²) in [5.41, 5.74) is 0.0212. The van der Waals surface area contributed by atoms with Gasteiger partial charge >= 0.3 is 0 Å². The van der Waals surface area contributed by atoms with Crippen molar-refractivity contribution in [2.24, 2.45) is 0 Å². The average Bonchev–Trinajstić information content (AvgIpc) is 2.56. The molecule has 2 aliphatic carbocycles. The number of thiocarbonyl (C=S) groups is 2. The van der Waals surface area contributed by atoms with Crippen LogP contribution in [0.2, 0.25) is 0 Å². The first kappa shape index (κ1) is 20.7. The molecule has 0 aromatic rings. The molecule has 0 spiro atoms. The highest BCUT2D eigenvalue weighted by molar-refractivity contribution is 7.80. The standard InChI is InChI=1S/C19H34N2O2S2/c1-3-22-16(24)20-18(11-7-5-8-12-18)15-19(13-9-6-10-14-19)21-17(25)23-4-2/h3-15H2,1-2H3,(H,20,24)(H,21,25). The Bertz CT molecular complexity index is 405. The van der Waals surface area contributed by atoms with Crippen LogP contribution in [0.1, 0.15) is 84.5 Å². The van der Waals surface area contributed by atoms with Crippen molar-refractivity contribution in [1.82, 2.24) is 10.6 Å². The second-order valence-corrected chi connectivity index (χ2v) is 8.29. The molecule has 2 aliphatic rings. The van der Waals surface area contributed by atoms with Gasteiger partial charge in [-0.3, -0.25) is 0 Å². The molecule has 0 aliphatic heterocycles. The highest BCUT2D eigenvalue weighted by atomic mass is 32.1. The molecular formula is C19H34N2O2S2. The Morgan fingerprint density at radius 2 is 1.08 bits per heavy atom. The van der Waals surface area contributed by atoms with E-state index in [9.17, 15) is 0 Å². The lowest BCUT2D eigenvalue weighted by atomic mass is 9.68. The smallest absolute Gasteiger partial charge is 0.257 e. The largest absolute Gasteiger partial charge is 0.471 e. The lowest BCUT2D eigenvalue weighted by Crippen LogP contribution is -2.60. The second kappa shape index (κ2) is 9.91. The Morgan fingerprint density at radius 3 is 1.40 bits per heavy atom. The van der Waals surface area contributed by atoms with Crippen LogP contribution in [0.4, 0.5) is 0 Å². The van der Waals surface area contributed by atoms with Crippen LogP contribution in [0.3, 0.4) is 0 Å². The van der Waals surface area contributed by atoms with Crippen molar-refractivity contribution in [3.8, 4) is 0 Å². The number of nitrogens with one attached hydrogen (secondary N) is 2. The Balaban J connectivity index is 2.15. The van der Waals surface area contributed by atoms with Gasteiger partial charge in [0.15, 0.2) is 0 Å². The van der Waals surface area contributed by atoms with Crippen molar-refractivity contribution >= 4 is 34.8 Å². The minimum absolute atomic E-state index is 0.0106. The van der Waals surface area contributed by atoms with Gasteiger partial charge in [-0.15, -0.1) is 0 Å². The van der Waals surface area contributed by atoms with Crippen LogP contribution < -0.4 is 10.6 Å². The van der Waals surface area contributed by atoms with Crippen molar-refractivity contribution in [3.63, 3.8) is 0 Å². The van der Waals surface area contributed by atoms with E-state index in [1.54, 1.807) is 0 Å². The van der Waals surface area contributed by atoms with Gasteiger partial charge in [0, 0.05) is 11.1 Å². The van der Waals surface area contributed by atoms with E-state index in [-0.39, 0.29) is 11.1 Å². The van der Waals surface area contributed by atoms with Crippen molar-refractivity contribution in [1.29, 1.82) is 0 Å². The summed E-state index contributed by atoms with van der Waals surface area (Å²) in [5, 5.41) is 8.28. The Morgan fingerprint density at radius 1 is 0.720 bits per heavy atom. The van der Waals surface area contributed by atoms with E-state index in [1.165, 1.54) is 38.5 Å². The summed E-state index contributed by atoms with van der Waals surface area (Å²) in [6.07, 6.45) is 13.2. The third-order valence-corrected chi connectivity index (χ3v) is 6.02. The maximum absolute atomic E-state index is 5.56. The summed E-state index contributed by atoms with van der Waals surface area (Å²) in [6.45, 7) is 5.18. The van der Waals surface area contributed by atoms with E-state index in [0.29, 0.717) is 23.6 Å². The summed E-state index contributed by atoms with van der Waals surface area (Å²) in [4.78, 5) is 0. The van der Waals surface area contributed by atoms with Gasteiger partial charge in [0.1, 0.15) is 0 Å². The molecule has 0 heterocycles. The zero-order chi connectivity index (χ0) is 18.2. The fourth-order valence-corrected chi connectivity index (χ4v) is 5.23. The molecule has 0 radical (unpaired) electrons. The van der Waals surface area contributed by atoms with Gasteiger partial charge in [-0.1, -0.05) is 38.5 Å². The highest BCUT2D eigenvalue weighted by Crippen LogP contribution is 2.41. The maximum Gasteiger partial charge on any atom is 0.257 e. The summed E-state index contributed by atoms with van der Waals surface area (Å²) in [5.74, 6) is 0. The number of hydrogen-bond acceptors (Lipinski definition) is 4. The first-order valence-corrected chi connectivity index (χ1v) is 10.7. The molecule has 6 heteroatoms. The molecule has 0 amide bonds. The van der Waals surface area contributed by atoms with Crippen LogP contribution in [-0.2, 0) is 9.47 Å². The number of rotatable bonds is 6. The van der Waals surface area contributed by atoms with E-state index in [2.05, 4.69) is 10.6 Å². The van der Waals surface area contributed by atoms with Gasteiger partial charge in [-0.25, -0.2) is 0 Å². The molecule has 2 fully saturated rings. The van der Waals surface area contributed by atoms with Crippen molar-refractivity contribution < 1.29 is 9.47 Å². The van der Waals surface area contributed by atoms with Crippen molar-refractivity contribution in [3.05, 3.63) is 0 Å². The van der Waals surface area contributed by atoms with Crippen LogP contribution >= 0.6 is 24.4 Å². The van der Waals surface area contributed by atoms with Crippen LogP contribution in [-0.4, -0.2) is 34.6 Å². The molecule has 4 nitrogen and oxygen atoms in total. The maximum atomic E-state index is 5.56. The van der Waals surface area contributed by atoms with Crippen LogP contribution in [0.5, 0.6) is 0 Å². The summed E-state index contributed by atoms with van der Waals surface area (Å²) >= 11 is 10.9. The predicted molar refractivity (Wildman–Crippen MR) is 111 cm³/mol. The Kier molecular flexibility index (Phi) is 8.20. The van der Waals surface area contributed by atoms with Gasteiger partial charge in [-0.2, -0.15) is 0 Å². The zero-order valence-corrected chi connectivity index (χ0v) is 17.5. The third-order valence-electron chi connectivity index (χ3n) is 5.58. The van der Waals surface area contributed by atoms with E-state index < -0.39 is 0 Å². The predicted octanol–water partition coefficient (Wildman–Crippen LogP) is 4.60. The van der Waals surface area contributed by atoms with E-state index >= 15 is 0 Å². The summed E-state index contributed by atoms with van der Waals surface area (Å²) in [7, 11) is 0. The quantitative estimate of drug-likeness (QED) is 0.650. The molecule has 25 heavy (non-hydrogen) atoms. The Labute approximate surface area is 163 Å². The van der Waals surface area contributed by atoms with Gasteiger partial charge < -0.3 is 20.1 Å². The van der Waals surface area contributed by atoms with Gasteiger partial charge in [0.2, 0.25) is 0 Å². The molecule has 2 rings (SSSR count). The van der Waals surface area contributed by atoms with Gasteiger partial charge in [-0.05, 0) is 70.4 Å². The SMILES string of the molecule is CCOC(=S)NC1(CC2(NC(=S)OCC)CCCCC2)CCCCC1. The summed E-state index contributed by atoms with van der Waals surface area (Å²) in [6, 6.07) is 0. The lowest BCUT2D eigenvalue weighted by Gasteiger charge is -2.48. The normalized spacial score (nSPS) is 21.8.